The molecule has 2 heterocycles. The topological polar surface area (TPSA) is 105 Å². The van der Waals surface area contributed by atoms with Crippen LogP contribution in [0.5, 0.6) is 23.0 Å². The summed E-state index contributed by atoms with van der Waals surface area (Å²) in [5, 5.41) is 0. The minimum atomic E-state index is -0.761. The second-order valence-corrected chi connectivity index (χ2v) is 19.5. The number of benzene rings is 3. The summed E-state index contributed by atoms with van der Waals surface area (Å²) >= 11 is 0. The first-order valence-corrected chi connectivity index (χ1v) is 20.9. The Balaban J connectivity index is 1.09. The molecule has 0 radical (unpaired) electrons. The van der Waals surface area contributed by atoms with E-state index < -0.39 is 22.8 Å². The SMILES string of the molecule is CC(C)c1cc2c3c(c1OC(=O)c1ccccc1C(=O)Oc1c(C(C)C)cc4c5c1OC(=O)[C@]51CCCC(C)(C)C1CC4)OC(=O)[C@@]31CCCC(C)(C)[C@@H]1CC2. The third-order valence-electron chi connectivity index (χ3n) is 15.0. The number of rotatable bonds is 6. The largest absolute Gasteiger partial charge is 0.421 e. The molecular weight excluding hydrogens is 705 g/mol. The number of carbonyl (C=O) groups is 4. The lowest BCUT2D eigenvalue weighted by atomic mass is 9.50. The van der Waals surface area contributed by atoms with Gasteiger partial charge in [0.1, 0.15) is 10.8 Å². The lowest BCUT2D eigenvalue weighted by molar-refractivity contribution is -0.146. The minimum Gasteiger partial charge on any atom is -0.421 e. The predicted molar refractivity (Wildman–Crippen MR) is 211 cm³/mol. The second kappa shape index (κ2) is 12.5. The van der Waals surface area contributed by atoms with Crippen LogP contribution in [0, 0.1) is 22.7 Å². The van der Waals surface area contributed by atoms with Gasteiger partial charge >= 0.3 is 23.9 Å². The van der Waals surface area contributed by atoms with E-state index in [4.69, 9.17) is 18.9 Å². The maximum Gasteiger partial charge on any atom is 0.344 e. The van der Waals surface area contributed by atoms with E-state index in [0.29, 0.717) is 24.3 Å². The maximum atomic E-state index is 14.4. The van der Waals surface area contributed by atoms with E-state index in [1.54, 1.807) is 24.3 Å². The zero-order valence-electron chi connectivity index (χ0n) is 34.1. The molecular formula is C48H54O8. The molecule has 2 fully saturated rings. The van der Waals surface area contributed by atoms with Gasteiger partial charge in [0, 0.05) is 22.3 Å². The zero-order valence-corrected chi connectivity index (χ0v) is 34.1. The van der Waals surface area contributed by atoms with Gasteiger partial charge in [-0.2, -0.15) is 0 Å². The highest BCUT2D eigenvalue weighted by Gasteiger charge is 2.64. The van der Waals surface area contributed by atoms with Crippen LogP contribution >= 0.6 is 0 Å². The van der Waals surface area contributed by atoms with Crippen molar-refractivity contribution in [1.82, 2.24) is 0 Å². The molecule has 2 saturated carbocycles. The van der Waals surface area contributed by atoms with Gasteiger partial charge < -0.3 is 18.9 Å². The number of carbonyl (C=O) groups excluding carboxylic acids is 4. The molecule has 0 bridgehead atoms. The van der Waals surface area contributed by atoms with Crippen LogP contribution < -0.4 is 18.9 Å². The molecule has 294 valence electrons. The summed E-state index contributed by atoms with van der Waals surface area (Å²) in [6.07, 6.45) is 8.81. The highest BCUT2D eigenvalue weighted by atomic mass is 16.6. The van der Waals surface area contributed by atoms with Gasteiger partial charge in [-0.15, -0.1) is 0 Å². The van der Waals surface area contributed by atoms with Gasteiger partial charge in [0.15, 0.2) is 23.0 Å². The van der Waals surface area contributed by atoms with Crippen LogP contribution in [-0.2, 0) is 33.3 Å². The molecule has 2 aliphatic heterocycles. The van der Waals surface area contributed by atoms with Gasteiger partial charge in [0.25, 0.3) is 0 Å². The Kier molecular flexibility index (Phi) is 8.30. The average molecular weight is 759 g/mol. The number of hydrogen-bond donors (Lipinski definition) is 0. The van der Waals surface area contributed by atoms with Crippen LogP contribution in [-0.4, -0.2) is 23.9 Å². The molecule has 3 aromatic rings. The standard InChI is InChI=1S/C48H54O8/c1-25(2)31-23-27-15-17-33-45(5,6)19-11-21-47(33)35(27)39(55-43(47)51)37(31)53-41(49)29-13-9-10-14-30(29)42(50)54-38-32(26(3)4)24-28-16-18-34-46(7,8)20-12-22-48(34)36(28)40(38)56-44(48)52/h9-10,13-14,23-26,33-34H,11-12,15-22H2,1-8H3/t33-,34?,47+,48-/m0/s1. The third kappa shape index (κ3) is 5.02. The van der Waals surface area contributed by atoms with Gasteiger partial charge in [-0.05, 0) is 109 Å². The minimum absolute atomic E-state index is 0.0240. The highest BCUT2D eigenvalue weighted by Crippen LogP contribution is 2.66. The Morgan fingerprint density at radius 1 is 0.643 bits per heavy atom. The fraction of sp³-hybridized carbons (Fsp3) is 0.542. The lowest BCUT2D eigenvalue weighted by Gasteiger charge is -2.51. The van der Waals surface area contributed by atoms with E-state index in [0.717, 1.165) is 84.7 Å². The first-order chi connectivity index (χ1) is 26.5. The molecule has 9 rings (SSSR count). The summed E-state index contributed by atoms with van der Waals surface area (Å²) < 4.78 is 25.1. The van der Waals surface area contributed by atoms with Crippen molar-refractivity contribution in [3.8, 4) is 23.0 Å². The number of ether oxygens (including phenoxy) is 4. The average Bonchev–Trinajstić information content (AvgIpc) is 3.61. The first kappa shape index (κ1) is 37.1. The van der Waals surface area contributed by atoms with Crippen molar-refractivity contribution in [3.63, 3.8) is 0 Å². The van der Waals surface area contributed by atoms with Crippen LogP contribution in [0.25, 0.3) is 0 Å². The highest BCUT2D eigenvalue weighted by molar-refractivity contribution is 6.05. The Morgan fingerprint density at radius 3 is 1.41 bits per heavy atom. The molecule has 1 unspecified atom stereocenters. The van der Waals surface area contributed by atoms with E-state index in [2.05, 4.69) is 39.8 Å². The summed E-state index contributed by atoms with van der Waals surface area (Å²) in [4.78, 5) is 57.0. The number of aryl methyl sites for hydroxylation is 2. The van der Waals surface area contributed by atoms with Crippen LogP contribution in [0.2, 0.25) is 0 Å². The third-order valence-corrected chi connectivity index (χ3v) is 15.0. The number of hydrogen-bond acceptors (Lipinski definition) is 8. The van der Waals surface area contributed by atoms with Crippen molar-refractivity contribution >= 4 is 23.9 Å². The van der Waals surface area contributed by atoms with Gasteiger partial charge in [0.2, 0.25) is 0 Å². The van der Waals surface area contributed by atoms with Crippen LogP contribution in [0.3, 0.4) is 0 Å². The fourth-order valence-corrected chi connectivity index (χ4v) is 12.4. The van der Waals surface area contributed by atoms with Crippen LogP contribution in [0.1, 0.15) is 173 Å². The Bertz CT molecular complexity index is 2080. The summed E-state index contributed by atoms with van der Waals surface area (Å²) in [6.45, 7) is 17.1. The van der Waals surface area contributed by atoms with Crippen molar-refractivity contribution in [1.29, 1.82) is 0 Å². The Hall–Kier alpha value is -4.46. The predicted octanol–water partition coefficient (Wildman–Crippen LogP) is 10.2. The molecule has 4 aliphatic carbocycles. The summed E-state index contributed by atoms with van der Waals surface area (Å²) in [6, 6.07) is 10.7. The Labute approximate surface area is 330 Å². The van der Waals surface area contributed by atoms with Crippen LogP contribution in [0.15, 0.2) is 36.4 Å². The quantitative estimate of drug-likeness (QED) is 0.181. The normalized spacial score (nSPS) is 27.5. The van der Waals surface area contributed by atoms with Crippen molar-refractivity contribution in [2.75, 3.05) is 0 Å². The second-order valence-electron chi connectivity index (χ2n) is 19.5. The molecule has 0 amide bonds. The van der Waals surface area contributed by atoms with Crippen molar-refractivity contribution in [2.24, 2.45) is 22.7 Å². The fourth-order valence-electron chi connectivity index (χ4n) is 12.4. The number of esters is 4. The summed E-state index contributed by atoms with van der Waals surface area (Å²) in [5.41, 5.74) is 3.97. The van der Waals surface area contributed by atoms with Gasteiger partial charge in [-0.3, -0.25) is 9.59 Å². The van der Waals surface area contributed by atoms with Gasteiger partial charge in [-0.25, -0.2) is 9.59 Å². The molecule has 0 saturated heterocycles. The molecule has 0 N–H and O–H groups in total. The van der Waals surface area contributed by atoms with E-state index >= 15 is 0 Å². The molecule has 3 aromatic carbocycles. The van der Waals surface area contributed by atoms with Crippen molar-refractivity contribution in [3.05, 3.63) is 80.9 Å². The molecule has 8 heteroatoms. The van der Waals surface area contributed by atoms with E-state index in [1.165, 1.54) is 0 Å². The van der Waals surface area contributed by atoms with Crippen LogP contribution in [0.4, 0.5) is 0 Å². The maximum absolute atomic E-state index is 14.4. The van der Waals surface area contributed by atoms with E-state index in [9.17, 15) is 19.2 Å². The molecule has 2 spiro atoms. The molecule has 4 atom stereocenters. The molecule has 6 aliphatic rings. The monoisotopic (exact) mass is 758 g/mol. The molecule has 56 heavy (non-hydrogen) atoms. The van der Waals surface area contributed by atoms with E-state index in [-0.39, 0.29) is 69.1 Å². The summed E-state index contributed by atoms with van der Waals surface area (Å²) in [5.74, 6) is -0.641. The smallest absolute Gasteiger partial charge is 0.344 e. The van der Waals surface area contributed by atoms with Gasteiger partial charge in [0.05, 0.1) is 11.1 Å². The van der Waals surface area contributed by atoms with Crippen molar-refractivity contribution < 1.29 is 38.1 Å². The zero-order chi connectivity index (χ0) is 39.7. The summed E-state index contributed by atoms with van der Waals surface area (Å²) in [7, 11) is 0. The van der Waals surface area contributed by atoms with Gasteiger partial charge in [-0.1, -0.05) is 92.5 Å². The van der Waals surface area contributed by atoms with E-state index in [1.807, 2.05) is 27.7 Å². The van der Waals surface area contributed by atoms with Crippen molar-refractivity contribution in [2.45, 2.75) is 142 Å². The molecule has 8 nitrogen and oxygen atoms in total. The lowest BCUT2D eigenvalue weighted by Crippen LogP contribution is -2.52. The Morgan fingerprint density at radius 2 is 1.04 bits per heavy atom. The first-order valence-electron chi connectivity index (χ1n) is 20.9. The molecule has 0 aromatic heterocycles.